The lowest BCUT2D eigenvalue weighted by Crippen LogP contribution is -2.43. The molecule has 0 saturated carbocycles. The minimum atomic E-state index is -1.78. The van der Waals surface area contributed by atoms with Crippen molar-refractivity contribution in [2.24, 2.45) is 11.8 Å². The number of rotatable bonds is 11. The van der Waals surface area contributed by atoms with E-state index in [1.54, 1.807) is 13.2 Å². The van der Waals surface area contributed by atoms with E-state index in [4.69, 9.17) is 13.9 Å². The largest absolute Gasteiger partial charge is 0.416 e. The molecule has 0 amide bonds. The quantitative estimate of drug-likeness (QED) is 0.346. The maximum atomic E-state index is 10.3. The summed E-state index contributed by atoms with van der Waals surface area (Å²) in [6.07, 6.45) is 1.76. The summed E-state index contributed by atoms with van der Waals surface area (Å²) in [5, 5.41) is 10.5. The van der Waals surface area contributed by atoms with Crippen molar-refractivity contribution in [3.8, 4) is 0 Å². The number of hydrogen-bond donors (Lipinski definition) is 1. The molecular formula is C18H38O4Si. The van der Waals surface area contributed by atoms with Crippen LogP contribution in [-0.4, -0.2) is 46.1 Å². The van der Waals surface area contributed by atoms with Crippen LogP contribution in [0.4, 0.5) is 0 Å². The van der Waals surface area contributed by atoms with Crippen molar-refractivity contribution in [2.75, 3.05) is 20.5 Å². The van der Waals surface area contributed by atoms with Crippen LogP contribution in [-0.2, 0) is 13.9 Å². The Balaban J connectivity index is 4.74. The fourth-order valence-corrected chi connectivity index (χ4v) is 3.01. The fourth-order valence-electron chi connectivity index (χ4n) is 1.89. The second-order valence-electron chi connectivity index (χ2n) is 8.06. The van der Waals surface area contributed by atoms with Gasteiger partial charge in [0.25, 0.3) is 0 Å². The van der Waals surface area contributed by atoms with E-state index in [-0.39, 0.29) is 29.8 Å². The lowest BCUT2D eigenvalue weighted by atomic mass is 9.93. The summed E-state index contributed by atoms with van der Waals surface area (Å²) in [5.41, 5.74) is 0. The third-order valence-electron chi connectivity index (χ3n) is 5.00. The molecule has 0 heterocycles. The molecule has 0 aliphatic heterocycles. The number of methoxy groups -OCH3 is 1. The predicted octanol–water partition coefficient (Wildman–Crippen LogP) is 4.21. The van der Waals surface area contributed by atoms with Gasteiger partial charge in [-0.15, -0.1) is 6.58 Å². The van der Waals surface area contributed by atoms with E-state index in [0.29, 0.717) is 13.0 Å². The Kier molecular flexibility index (Phi) is 9.85. The number of aliphatic hydroxyl groups is 1. The van der Waals surface area contributed by atoms with Gasteiger partial charge in [-0.1, -0.05) is 40.7 Å². The molecule has 0 aromatic carbocycles. The molecule has 0 fully saturated rings. The Bertz CT molecular complexity index is 338. The van der Waals surface area contributed by atoms with Crippen LogP contribution >= 0.6 is 0 Å². The lowest BCUT2D eigenvalue weighted by Gasteiger charge is -2.38. The van der Waals surface area contributed by atoms with E-state index >= 15 is 0 Å². The molecule has 4 nitrogen and oxygen atoms in total. The highest BCUT2D eigenvalue weighted by atomic mass is 28.4. The zero-order chi connectivity index (χ0) is 18.3. The fraction of sp³-hybridized carbons (Fsp3) is 0.889. The molecule has 1 N–H and O–H groups in total. The monoisotopic (exact) mass is 346 g/mol. The van der Waals surface area contributed by atoms with E-state index in [0.717, 1.165) is 0 Å². The summed E-state index contributed by atoms with van der Waals surface area (Å²) in [4.78, 5) is 0. The van der Waals surface area contributed by atoms with Crippen LogP contribution in [0.15, 0.2) is 12.7 Å². The Labute approximate surface area is 144 Å². The van der Waals surface area contributed by atoms with Crippen LogP contribution in [0.1, 0.15) is 41.0 Å². The molecule has 0 saturated heterocycles. The van der Waals surface area contributed by atoms with Crippen molar-refractivity contribution < 1.29 is 19.0 Å². The first-order valence-electron chi connectivity index (χ1n) is 8.51. The minimum Gasteiger partial charge on any atom is -0.416 e. The molecule has 0 aliphatic carbocycles. The van der Waals surface area contributed by atoms with Gasteiger partial charge < -0.3 is 19.0 Å². The molecule has 0 spiro atoms. The topological polar surface area (TPSA) is 47.9 Å². The first-order chi connectivity index (χ1) is 10.5. The van der Waals surface area contributed by atoms with Crippen molar-refractivity contribution in [1.82, 2.24) is 0 Å². The number of ether oxygens (including phenoxy) is 2. The standard InChI is InChI=1S/C18H38O4Si/c1-10-14(2)16(19)11-17(21-13-20-7)15(3)12-22-23(8,9)18(4,5)6/h10,14-17,19H,1,11-13H2,2-9H3/t14-,15+,16-,17-/m0/s1. The highest BCUT2D eigenvalue weighted by Gasteiger charge is 2.38. The van der Waals surface area contributed by atoms with Crippen LogP contribution in [0.2, 0.25) is 18.1 Å². The number of aliphatic hydroxyl groups excluding tert-OH is 1. The minimum absolute atomic E-state index is 0.0390. The van der Waals surface area contributed by atoms with Gasteiger partial charge in [0.05, 0.1) is 12.2 Å². The van der Waals surface area contributed by atoms with Gasteiger partial charge in [0.1, 0.15) is 6.79 Å². The van der Waals surface area contributed by atoms with Crippen LogP contribution in [0, 0.1) is 11.8 Å². The highest BCUT2D eigenvalue weighted by Crippen LogP contribution is 2.37. The maximum absolute atomic E-state index is 10.3. The summed E-state index contributed by atoms with van der Waals surface area (Å²) in [7, 11) is -0.171. The van der Waals surface area contributed by atoms with Gasteiger partial charge in [0.15, 0.2) is 8.32 Å². The highest BCUT2D eigenvalue weighted by molar-refractivity contribution is 6.74. The lowest BCUT2D eigenvalue weighted by molar-refractivity contribution is -0.109. The summed E-state index contributed by atoms with van der Waals surface area (Å²) in [6.45, 7) is 19.9. The molecule has 0 radical (unpaired) electrons. The average molecular weight is 347 g/mol. The summed E-state index contributed by atoms with van der Waals surface area (Å²) < 4.78 is 17.1. The molecule has 0 bridgehead atoms. The summed E-state index contributed by atoms with van der Waals surface area (Å²) >= 11 is 0. The van der Waals surface area contributed by atoms with Gasteiger partial charge >= 0.3 is 0 Å². The summed E-state index contributed by atoms with van der Waals surface area (Å²) in [6, 6.07) is 0. The van der Waals surface area contributed by atoms with Crippen LogP contribution in [0.25, 0.3) is 0 Å². The molecule has 5 heteroatoms. The van der Waals surface area contributed by atoms with Gasteiger partial charge in [-0.2, -0.15) is 0 Å². The molecule has 138 valence electrons. The molecule has 23 heavy (non-hydrogen) atoms. The Morgan fingerprint density at radius 1 is 1.22 bits per heavy atom. The second-order valence-corrected chi connectivity index (χ2v) is 12.9. The van der Waals surface area contributed by atoms with E-state index < -0.39 is 14.4 Å². The smallest absolute Gasteiger partial charge is 0.191 e. The van der Waals surface area contributed by atoms with Crippen molar-refractivity contribution in [1.29, 1.82) is 0 Å². The summed E-state index contributed by atoms with van der Waals surface area (Å²) in [5.74, 6) is 0.225. The van der Waals surface area contributed by atoms with E-state index in [2.05, 4.69) is 47.4 Å². The molecule has 4 atom stereocenters. The molecular weight excluding hydrogens is 308 g/mol. The molecule has 0 aliphatic rings. The van der Waals surface area contributed by atoms with Crippen molar-refractivity contribution in [2.45, 2.75) is 71.4 Å². The van der Waals surface area contributed by atoms with E-state index in [9.17, 15) is 5.11 Å². The average Bonchev–Trinajstić information content (AvgIpc) is 2.46. The Morgan fingerprint density at radius 2 is 1.78 bits per heavy atom. The second kappa shape index (κ2) is 9.94. The van der Waals surface area contributed by atoms with Crippen molar-refractivity contribution >= 4 is 8.32 Å². The SMILES string of the molecule is C=C[C@H](C)[C@@H](O)C[C@H](OCOC)[C@H](C)CO[Si](C)(C)C(C)(C)C. The molecule has 0 aromatic rings. The first kappa shape index (κ1) is 22.8. The van der Waals surface area contributed by atoms with E-state index in [1.165, 1.54) is 0 Å². The molecule has 0 aromatic heterocycles. The zero-order valence-corrected chi connectivity index (χ0v) is 17.4. The third-order valence-corrected chi connectivity index (χ3v) is 9.50. The maximum Gasteiger partial charge on any atom is 0.191 e. The third kappa shape index (κ3) is 7.94. The van der Waals surface area contributed by atoms with Gasteiger partial charge in [0.2, 0.25) is 0 Å². The Morgan fingerprint density at radius 3 is 2.22 bits per heavy atom. The van der Waals surface area contributed by atoms with Gasteiger partial charge in [0, 0.05) is 26.1 Å². The van der Waals surface area contributed by atoms with Gasteiger partial charge in [-0.25, -0.2) is 0 Å². The predicted molar refractivity (Wildman–Crippen MR) is 99.0 cm³/mol. The molecule has 0 rings (SSSR count). The van der Waals surface area contributed by atoms with Gasteiger partial charge in [-0.05, 0) is 24.1 Å². The molecule has 0 unspecified atom stereocenters. The normalized spacial score (nSPS) is 18.3. The zero-order valence-electron chi connectivity index (χ0n) is 16.4. The van der Waals surface area contributed by atoms with E-state index in [1.807, 2.05) is 6.92 Å². The van der Waals surface area contributed by atoms with Crippen LogP contribution in [0.5, 0.6) is 0 Å². The van der Waals surface area contributed by atoms with Crippen LogP contribution in [0.3, 0.4) is 0 Å². The van der Waals surface area contributed by atoms with Crippen molar-refractivity contribution in [3.05, 3.63) is 12.7 Å². The first-order valence-corrected chi connectivity index (χ1v) is 11.4. The van der Waals surface area contributed by atoms with Crippen molar-refractivity contribution in [3.63, 3.8) is 0 Å². The van der Waals surface area contributed by atoms with Gasteiger partial charge in [-0.3, -0.25) is 0 Å². The Hall–Kier alpha value is -0.203. The number of hydrogen-bond acceptors (Lipinski definition) is 4. The van der Waals surface area contributed by atoms with Crippen LogP contribution < -0.4 is 0 Å².